The highest BCUT2D eigenvalue weighted by Crippen LogP contribution is 2.45. The standard InChI is InChI=1S/C17H26N4/c1-19-11-12-21(15-6-3-2-5-14(15)19)17(13-18)8-10-20-9-4-7-16(17)20/h2-3,5-6,16H,4,7-13,18H2,1H3. The third kappa shape index (κ3) is 1.82. The van der Waals surface area contributed by atoms with E-state index in [0.29, 0.717) is 6.04 Å². The van der Waals surface area contributed by atoms with Gasteiger partial charge in [0.05, 0.1) is 16.9 Å². The summed E-state index contributed by atoms with van der Waals surface area (Å²) in [6.07, 6.45) is 3.86. The van der Waals surface area contributed by atoms with Crippen molar-refractivity contribution in [3.05, 3.63) is 24.3 Å². The Balaban J connectivity index is 1.77. The molecule has 0 aromatic heterocycles. The van der Waals surface area contributed by atoms with Gasteiger partial charge in [0.25, 0.3) is 0 Å². The molecule has 2 atom stereocenters. The van der Waals surface area contributed by atoms with Gasteiger partial charge in [-0.15, -0.1) is 0 Å². The summed E-state index contributed by atoms with van der Waals surface area (Å²) >= 11 is 0. The van der Waals surface area contributed by atoms with Crippen LogP contribution in [0.15, 0.2) is 24.3 Å². The summed E-state index contributed by atoms with van der Waals surface area (Å²) in [7, 11) is 2.20. The van der Waals surface area contributed by atoms with Crippen molar-refractivity contribution >= 4 is 11.4 Å². The molecule has 0 aliphatic carbocycles. The van der Waals surface area contributed by atoms with Crippen LogP contribution in [0.1, 0.15) is 19.3 Å². The minimum absolute atomic E-state index is 0.147. The van der Waals surface area contributed by atoms with Crippen molar-refractivity contribution in [2.24, 2.45) is 5.73 Å². The van der Waals surface area contributed by atoms with Crippen molar-refractivity contribution in [1.82, 2.24) is 4.90 Å². The summed E-state index contributed by atoms with van der Waals surface area (Å²) in [5.74, 6) is 0. The van der Waals surface area contributed by atoms with Crippen LogP contribution in [0.3, 0.4) is 0 Å². The Hall–Kier alpha value is -1.26. The Kier molecular flexibility index (Phi) is 3.12. The fourth-order valence-corrected chi connectivity index (χ4v) is 4.84. The second-order valence-corrected chi connectivity index (χ2v) is 6.81. The van der Waals surface area contributed by atoms with Crippen molar-refractivity contribution in [1.29, 1.82) is 0 Å². The molecule has 0 spiro atoms. The monoisotopic (exact) mass is 286 g/mol. The van der Waals surface area contributed by atoms with Crippen LogP contribution < -0.4 is 15.5 Å². The van der Waals surface area contributed by atoms with Crippen LogP contribution in [-0.4, -0.2) is 56.3 Å². The molecule has 3 heterocycles. The fraction of sp³-hybridized carbons (Fsp3) is 0.647. The number of para-hydroxylation sites is 2. The maximum Gasteiger partial charge on any atom is 0.0692 e. The molecule has 4 heteroatoms. The number of rotatable bonds is 2. The topological polar surface area (TPSA) is 35.7 Å². The number of nitrogens with zero attached hydrogens (tertiary/aromatic N) is 3. The van der Waals surface area contributed by atoms with Gasteiger partial charge >= 0.3 is 0 Å². The van der Waals surface area contributed by atoms with Crippen molar-refractivity contribution in [2.45, 2.75) is 30.8 Å². The van der Waals surface area contributed by atoms with Crippen LogP contribution >= 0.6 is 0 Å². The Bertz CT molecular complexity index is 531. The van der Waals surface area contributed by atoms with E-state index in [4.69, 9.17) is 5.73 Å². The molecule has 114 valence electrons. The van der Waals surface area contributed by atoms with Crippen molar-refractivity contribution in [3.8, 4) is 0 Å². The number of likely N-dealkylation sites (N-methyl/N-ethyl adjacent to an activating group) is 1. The zero-order chi connectivity index (χ0) is 14.4. The lowest BCUT2D eigenvalue weighted by Gasteiger charge is -2.50. The summed E-state index contributed by atoms with van der Waals surface area (Å²) in [6.45, 7) is 5.44. The molecule has 4 rings (SSSR count). The number of anilines is 2. The number of nitrogens with two attached hydrogens (primary N) is 1. The largest absolute Gasteiger partial charge is 0.371 e. The third-order valence-corrected chi connectivity index (χ3v) is 5.95. The number of fused-ring (bicyclic) bond motifs is 2. The maximum absolute atomic E-state index is 6.37. The molecule has 2 N–H and O–H groups in total. The Morgan fingerprint density at radius 3 is 2.76 bits per heavy atom. The highest BCUT2D eigenvalue weighted by molar-refractivity contribution is 5.74. The van der Waals surface area contributed by atoms with E-state index in [-0.39, 0.29) is 5.54 Å². The van der Waals surface area contributed by atoms with Gasteiger partial charge in [0.15, 0.2) is 0 Å². The van der Waals surface area contributed by atoms with Gasteiger partial charge in [0.2, 0.25) is 0 Å². The van der Waals surface area contributed by atoms with Crippen molar-refractivity contribution < 1.29 is 0 Å². The molecule has 0 bridgehead atoms. The first-order valence-corrected chi connectivity index (χ1v) is 8.28. The average molecular weight is 286 g/mol. The zero-order valence-corrected chi connectivity index (χ0v) is 13.0. The SMILES string of the molecule is CN1CCN(C2(CN)CCN3CCCC32)c2ccccc21. The lowest BCUT2D eigenvalue weighted by molar-refractivity contribution is 0.256. The van der Waals surface area contributed by atoms with Gasteiger partial charge in [-0.1, -0.05) is 12.1 Å². The normalized spacial score (nSPS) is 32.4. The van der Waals surface area contributed by atoms with Gasteiger partial charge in [-0.25, -0.2) is 0 Å². The molecule has 2 unspecified atom stereocenters. The number of hydrogen-bond donors (Lipinski definition) is 1. The first-order valence-electron chi connectivity index (χ1n) is 8.28. The first-order chi connectivity index (χ1) is 10.3. The summed E-state index contributed by atoms with van der Waals surface area (Å²) in [6, 6.07) is 9.48. The molecule has 2 saturated heterocycles. The minimum atomic E-state index is 0.147. The Labute approximate surface area is 127 Å². The van der Waals surface area contributed by atoms with E-state index in [1.54, 1.807) is 0 Å². The summed E-state index contributed by atoms with van der Waals surface area (Å²) in [4.78, 5) is 7.70. The van der Waals surface area contributed by atoms with Gasteiger partial charge in [0, 0.05) is 39.3 Å². The quantitative estimate of drug-likeness (QED) is 0.894. The highest BCUT2D eigenvalue weighted by Gasteiger charge is 2.52. The zero-order valence-electron chi connectivity index (χ0n) is 13.0. The van der Waals surface area contributed by atoms with Gasteiger partial charge < -0.3 is 15.5 Å². The van der Waals surface area contributed by atoms with E-state index in [0.717, 1.165) is 19.6 Å². The first kappa shape index (κ1) is 13.4. The van der Waals surface area contributed by atoms with Gasteiger partial charge in [-0.05, 0) is 37.9 Å². The Morgan fingerprint density at radius 2 is 1.95 bits per heavy atom. The maximum atomic E-state index is 6.37. The molecule has 3 aliphatic rings. The molecule has 3 aliphatic heterocycles. The molecule has 21 heavy (non-hydrogen) atoms. The van der Waals surface area contributed by atoms with Crippen LogP contribution in [0.5, 0.6) is 0 Å². The van der Waals surface area contributed by atoms with E-state index in [2.05, 4.69) is 46.0 Å². The molecule has 0 radical (unpaired) electrons. The van der Waals surface area contributed by atoms with E-state index < -0.39 is 0 Å². The third-order valence-electron chi connectivity index (χ3n) is 5.95. The van der Waals surface area contributed by atoms with Crippen molar-refractivity contribution in [2.75, 3.05) is 49.6 Å². The molecular weight excluding hydrogens is 260 g/mol. The van der Waals surface area contributed by atoms with Crippen LogP contribution in [-0.2, 0) is 0 Å². The van der Waals surface area contributed by atoms with E-state index >= 15 is 0 Å². The molecule has 4 nitrogen and oxygen atoms in total. The molecular formula is C17H26N4. The van der Waals surface area contributed by atoms with Crippen LogP contribution in [0.2, 0.25) is 0 Å². The predicted molar refractivity (Wildman–Crippen MR) is 88.1 cm³/mol. The summed E-state index contributed by atoms with van der Waals surface area (Å²) < 4.78 is 0. The summed E-state index contributed by atoms with van der Waals surface area (Å²) in [5.41, 5.74) is 9.25. The van der Waals surface area contributed by atoms with Gasteiger partial charge in [-0.2, -0.15) is 0 Å². The lowest BCUT2D eigenvalue weighted by atomic mass is 9.85. The smallest absolute Gasteiger partial charge is 0.0692 e. The molecule has 1 aromatic carbocycles. The minimum Gasteiger partial charge on any atom is -0.371 e. The van der Waals surface area contributed by atoms with Crippen molar-refractivity contribution in [3.63, 3.8) is 0 Å². The molecule has 0 saturated carbocycles. The van der Waals surface area contributed by atoms with E-state index in [9.17, 15) is 0 Å². The van der Waals surface area contributed by atoms with Gasteiger partial charge in [0.1, 0.15) is 0 Å². The van der Waals surface area contributed by atoms with Crippen LogP contribution in [0.4, 0.5) is 11.4 Å². The fourth-order valence-electron chi connectivity index (χ4n) is 4.84. The van der Waals surface area contributed by atoms with Crippen LogP contribution in [0, 0.1) is 0 Å². The van der Waals surface area contributed by atoms with Crippen LogP contribution in [0.25, 0.3) is 0 Å². The molecule has 2 fully saturated rings. The van der Waals surface area contributed by atoms with Gasteiger partial charge in [-0.3, -0.25) is 4.90 Å². The summed E-state index contributed by atoms with van der Waals surface area (Å²) in [5, 5.41) is 0. The average Bonchev–Trinajstić information content (AvgIpc) is 3.11. The number of benzene rings is 1. The highest BCUT2D eigenvalue weighted by atomic mass is 15.4. The van der Waals surface area contributed by atoms with E-state index in [1.807, 2.05) is 0 Å². The second kappa shape index (κ2) is 4.89. The number of hydrogen-bond acceptors (Lipinski definition) is 4. The second-order valence-electron chi connectivity index (χ2n) is 6.81. The predicted octanol–water partition coefficient (Wildman–Crippen LogP) is 1.51. The van der Waals surface area contributed by atoms with E-state index in [1.165, 1.54) is 43.7 Å². The molecule has 1 aromatic rings. The Morgan fingerprint density at radius 1 is 1.14 bits per heavy atom. The molecule has 0 amide bonds. The lowest BCUT2D eigenvalue weighted by Crippen LogP contribution is -2.62.